The van der Waals surface area contributed by atoms with Crippen molar-refractivity contribution in [1.29, 1.82) is 0 Å². The molecule has 0 saturated heterocycles. The summed E-state index contributed by atoms with van der Waals surface area (Å²) < 4.78 is 1.88. The lowest BCUT2D eigenvalue weighted by molar-refractivity contribution is -0.121. The minimum absolute atomic E-state index is 0.127. The Labute approximate surface area is 153 Å². The highest BCUT2D eigenvalue weighted by Gasteiger charge is 2.42. The van der Waals surface area contributed by atoms with Crippen LogP contribution in [0.4, 0.5) is 5.69 Å². The van der Waals surface area contributed by atoms with Crippen LogP contribution in [0.1, 0.15) is 25.1 Å². The highest BCUT2D eigenvalue weighted by molar-refractivity contribution is 6.07. The average molecular weight is 346 g/mol. The average Bonchev–Trinajstić information content (AvgIpc) is 3.08. The highest BCUT2D eigenvalue weighted by Crippen LogP contribution is 2.42. The number of fused-ring (bicyclic) bond motifs is 1. The highest BCUT2D eigenvalue weighted by atomic mass is 16.2. The van der Waals surface area contributed by atoms with E-state index in [1.165, 1.54) is 0 Å². The molecule has 5 nitrogen and oxygen atoms in total. The third-order valence-electron chi connectivity index (χ3n) is 5.24. The zero-order chi connectivity index (χ0) is 18.6. The molecule has 0 fully saturated rings. The zero-order valence-corrected chi connectivity index (χ0v) is 15.7. The van der Waals surface area contributed by atoms with Gasteiger partial charge in [0.05, 0.1) is 16.8 Å². The summed E-state index contributed by atoms with van der Waals surface area (Å²) in [7, 11) is 3.78. The molecule has 132 valence electrons. The number of pyridine rings is 1. The van der Waals surface area contributed by atoms with Gasteiger partial charge in [-0.3, -0.25) is 14.5 Å². The summed E-state index contributed by atoms with van der Waals surface area (Å²) in [6.45, 7) is 5.93. The summed E-state index contributed by atoms with van der Waals surface area (Å²) in [6.07, 6.45) is 1.80. The molecule has 0 bridgehead atoms. The molecule has 5 heteroatoms. The smallest absolute Gasteiger partial charge is 0.236 e. The normalized spacial score (nSPS) is 15.4. The predicted molar refractivity (Wildman–Crippen MR) is 103 cm³/mol. The number of rotatable bonds is 2. The van der Waals surface area contributed by atoms with Crippen LogP contribution in [-0.4, -0.2) is 27.7 Å². The largest absolute Gasteiger partial charge is 0.314 e. The standard InChI is InChI=1S/C21H22N4O/c1-13-10-14(8-9-22-13)17-12-18(25(5)23-17)15-6-7-16-19(11-15)24(4)20(26)21(16,2)3/h6-12H,1-5H3. The van der Waals surface area contributed by atoms with Gasteiger partial charge in [-0.15, -0.1) is 0 Å². The number of likely N-dealkylation sites (N-methyl/N-ethyl adjacent to an activating group) is 1. The summed E-state index contributed by atoms with van der Waals surface area (Å²) in [5, 5.41) is 4.66. The second-order valence-electron chi connectivity index (χ2n) is 7.45. The maximum Gasteiger partial charge on any atom is 0.236 e. The SMILES string of the molecule is Cc1cc(-c2cc(-c3ccc4c(c3)N(C)C(=O)C4(C)C)n(C)n2)ccn1. The van der Waals surface area contributed by atoms with Crippen molar-refractivity contribution in [2.24, 2.45) is 7.05 Å². The molecule has 2 aromatic heterocycles. The molecule has 3 aromatic rings. The van der Waals surface area contributed by atoms with E-state index in [2.05, 4.69) is 34.3 Å². The quantitative estimate of drug-likeness (QED) is 0.711. The number of nitrogens with zero attached hydrogens (tertiary/aromatic N) is 4. The van der Waals surface area contributed by atoms with Crippen LogP contribution in [-0.2, 0) is 17.3 Å². The van der Waals surface area contributed by atoms with Crippen molar-refractivity contribution in [1.82, 2.24) is 14.8 Å². The van der Waals surface area contributed by atoms with Crippen LogP contribution in [0.2, 0.25) is 0 Å². The van der Waals surface area contributed by atoms with E-state index >= 15 is 0 Å². The molecule has 0 spiro atoms. The van der Waals surface area contributed by atoms with E-state index < -0.39 is 5.41 Å². The number of hydrogen-bond acceptors (Lipinski definition) is 3. The topological polar surface area (TPSA) is 51.0 Å². The number of benzene rings is 1. The summed E-state index contributed by atoms with van der Waals surface area (Å²) >= 11 is 0. The molecule has 0 unspecified atom stereocenters. The van der Waals surface area contributed by atoms with Crippen molar-refractivity contribution in [3.63, 3.8) is 0 Å². The van der Waals surface area contributed by atoms with E-state index in [9.17, 15) is 4.79 Å². The summed E-state index contributed by atoms with van der Waals surface area (Å²) in [5.74, 6) is 0.127. The minimum Gasteiger partial charge on any atom is -0.314 e. The lowest BCUT2D eigenvalue weighted by Crippen LogP contribution is -2.33. The molecule has 3 heterocycles. The lowest BCUT2D eigenvalue weighted by atomic mass is 9.85. The predicted octanol–water partition coefficient (Wildman–Crippen LogP) is 3.71. The molecule has 1 aliphatic rings. The van der Waals surface area contributed by atoms with Gasteiger partial charge in [0, 0.05) is 42.8 Å². The Morgan fingerprint density at radius 3 is 2.50 bits per heavy atom. The van der Waals surface area contributed by atoms with Crippen LogP contribution in [0.5, 0.6) is 0 Å². The molecule has 4 rings (SSSR count). The van der Waals surface area contributed by atoms with Crippen molar-refractivity contribution in [2.45, 2.75) is 26.2 Å². The Balaban J connectivity index is 1.80. The van der Waals surface area contributed by atoms with Gasteiger partial charge in [-0.1, -0.05) is 12.1 Å². The zero-order valence-electron chi connectivity index (χ0n) is 15.7. The second kappa shape index (κ2) is 5.53. The van der Waals surface area contributed by atoms with E-state index in [1.54, 1.807) is 11.1 Å². The Morgan fingerprint density at radius 1 is 1.00 bits per heavy atom. The first kappa shape index (κ1) is 16.5. The Hall–Kier alpha value is -2.95. The number of carbonyl (C=O) groups is 1. The molecular formula is C21H22N4O. The van der Waals surface area contributed by atoms with E-state index in [4.69, 9.17) is 0 Å². The van der Waals surface area contributed by atoms with Gasteiger partial charge in [-0.25, -0.2) is 0 Å². The molecule has 26 heavy (non-hydrogen) atoms. The van der Waals surface area contributed by atoms with Gasteiger partial charge in [0.1, 0.15) is 0 Å². The lowest BCUT2D eigenvalue weighted by Gasteiger charge is -2.16. The molecule has 0 saturated carbocycles. The van der Waals surface area contributed by atoms with Crippen LogP contribution < -0.4 is 4.90 Å². The summed E-state index contributed by atoms with van der Waals surface area (Å²) in [4.78, 5) is 18.5. The summed E-state index contributed by atoms with van der Waals surface area (Å²) in [5.41, 5.74) is 6.56. The molecule has 1 aromatic carbocycles. The molecular weight excluding hydrogens is 324 g/mol. The monoisotopic (exact) mass is 346 g/mol. The van der Waals surface area contributed by atoms with Gasteiger partial charge in [-0.05, 0) is 50.6 Å². The number of aryl methyl sites for hydroxylation is 2. The number of hydrogen-bond donors (Lipinski definition) is 0. The summed E-state index contributed by atoms with van der Waals surface area (Å²) in [6, 6.07) is 12.3. The van der Waals surface area contributed by atoms with Gasteiger partial charge in [0.2, 0.25) is 5.91 Å². The maximum absolute atomic E-state index is 12.5. The second-order valence-corrected chi connectivity index (χ2v) is 7.45. The third-order valence-corrected chi connectivity index (χ3v) is 5.24. The molecule has 0 radical (unpaired) electrons. The van der Waals surface area contributed by atoms with E-state index in [-0.39, 0.29) is 5.91 Å². The van der Waals surface area contributed by atoms with E-state index in [0.717, 1.165) is 39.5 Å². The van der Waals surface area contributed by atoms with Crippen LogP contribution in [0.25, 0.3) is 22.5 Å². The van der Waals surface area contributed by atoms with Gasteiger partial charge in [0.25, 0.3) is 0 Å². The van der Waals surface area contributed by atoms with Gasteiger partial charge in [-0.2, -0.15) is 5.10 Å². The van der Waals surface area contributed by atoms with Crippen LogP contribution in [0.15, 0.2) is 42.6 Å². The van der Waals surface area contributed by atoms with Crippen molar-refractivity contribution in [3.8, 4) is 22.5 Å². The van der Waals surface area contributed by atoms with Crippen LogP contribution in [0.3, 0.4) is 0 Å². The third kappa shape index (κ3) is 2.35. The van der Waals surface area contributed by atoms with Gasteiger partial charge >= 0.3 is 0 Å². The number of amides is 1. The van der Waals surface area contributed by atoms with E-state index in [1.807, 2.05) is 51.7 Å². The van der Waals surface area contributed by atoms with Gasteiger partial charge in [0.15, 0.2) is 0 Å². The number of anilines is 1. The molecule has 1 aliphatic heterocycles. The van der Waals surface area contributed by atoms with Crippen LogP contribution >= 0.6 is 0 Å². The fourth-order valence-electron chi connectivity index (χ4n) is 3.72. The van der Waals surface area contributed by atoms with Crippen molar-refractivity contribution < 1.29 is 4.79 Å². The van der Waals surface area contributed by atoms with Crippen LogP contribution in [0, 0.1) is 6.92 Å². The first-order chi connectivity index (χ1) is 12.3. The molecule has 0 N–H and O–H groups in total. The maximum atomic E-state index is 12.5. The number of carbonyl (C=O) groups excluding carboxylic acids is 1. The van der Waals surface area contributed by atoms with Gasteiger partial charge < -0.3 is 4.90 Å². The fourth-order valence-corrected chi connectivity index (χ4v) is 3.72. The minimum atomic E-state index is -0.477. The van der Waals surface area contributed by atoms with Crippen molar-refractivity contribution >= 4 is 11.6 Å². The van der Waals surface area contributed by atoms with E-state index in [0.29, 0.717) is 0 Å². The number of aromatic nitrogens is 3. The fraction of sp³-hybridized carbons (Fsp3) is 0.286. The Bertz CT molecular complexity index is 1030. The van der Waals surface area contributed by atoms with Crippen molar-refractivity contribution in [3.05, 3.63) is 53.9 Å². The first-order valence-corrected chi connectivity index (χ1v) is 8.69. The van der Waals surface area contributed by atoms with Crippen molar-refractivity contribution in [2.75, 3.05) is 11.9 Å². The molecule has 1 amide bonds. The Kier molecular flexibility index (Phi) is 3.51. The molecule has 0 atom stereocenters. The first-order valence-electron chi connectivity index (χ1n) is 8.69. The molecule has 0 aliphatic carbocycles. The Morgan fingerprint density at radius 2 is 1.77 bits per heavy atom.